The molecule has 2 N–H and O–H groups in total. The maximum atomic E-state index is 13.7. The summed E-state index contributed by atoms with van der Waals surface area (Å²) in [7, 11) is 1.42. The van der Waals surface area contributed by atoms with E-state index in [0.29, 0.717) is 17.1 Å². The van der Waals surface area contributed by atoms with E-state index in [-0.39, 0.29) is 11.7 Å². The Balaban J connectivity index is 2.52. The highest BCUT2D eigenvalue weighted by molar-refractivity contribution is 5.67. The number of anilines is 1. The fourth-order valence-corrected chi connectivity index (χ4v) is 1.88. The summed E-state index contributed by atoms with van der Waals surface area (Å²) in [5, 5.41) is 3.74. The summed E-state index contributed by atoms with van der Waals surface area (Å²) >= 11 is 0. The monoisotopic (exact) mass is 250 g/mol. The summed E-state index contributed by atoms with van der Waals surface area (Å²) in [6, 6.07) is 4.62. The average molecular weight is 250 g/mol. The molecule has 1 heterocycles. The van der Waals surface area contributed by atoms with Crippen LogP contribution >= 0.6 is 0 Å². The van der Waals surface area contributed by atoms with Crippen LogP contribution in [-0.4, -0.2) is 12.3 Å². The van der Waals surface area contributed by atoms with Gasteiger partial charge in [-0.25, -0.2) is 4.39 Å². The lowest BCUT2D eigenvalue weighted by Crippen LogP contribution is -1.95. The molecule has 0 radical (unpaired) electrons. The molecule has 1 aromatic carbocycles. The van der Waals surface area contributed by atoms with E-state index in [1.165, 1.54) is 13.2 Å². The number of halogens is 1. The molecule has 2 rings (SSSR count). The predicted octanol–water partition coefficient (Wildman–Crippen LogP) is 3.19. The highest BCUT2D eigenvalue weighted by Gasteiger charge is 2.19. The Morgan fingerprint density at radius 3 is 2.67 bits per heavy atom. The molecule has 4 nitrogen and oxygen atoms in total. The van der Waals surface area contributed by atoms with Gasteiger partial charge in [-0.3, -0.25) is 0 Å². The van der Waals surface area contributed by atoms with Crippen molar-refractivity contribution in [3.63, 3.8) is 0 Å². The SMILES string of the molecule is COc1ccc(-c2onc(N)c2C(C)C)cc1F. The zero-order chi connectivity index (χ0) is 13.3. The molecule has 0 aliphatic heterocycles. The molecule has 0 saturated heterocycles. The first kappa shape index (κ1) is 12.4. The lowest BCUT2D eigenvalue weighted by molar-refractivity contribution is 0.386. The molecule has 0 unspecified atom stereocenters. The number of ether oxygens (including phenoxy) is 1. The number of aromatic nitrogens is 1. The van der Waals surface area contributed by atoms with Gasteiger partial charge in [0.25, 0.3) is 0 Å². The first-order chi connectivity index (χ1) is 8.54. The second kappa shape index (κ2) is 4.68. The van der Waals surface area contributed by atoms with Gasteiger partial charge in [-0.15, -0.1) is 0 Å². The van der Waals surface area contributed by atoms with E-state index in [9.17, 15) is 4.39 Å². The van der Waals surface area contributed by atoms with E-state index in [4.69, 9.17) is 15.0 Å². The Labute approximate surface area is 105 Å². The van der Waals surface area contributed by atoms with Crippen LogP contribution in [0.4, 0.5) is 10.2 Å². The van der Waals surface area contributed by atoms with Gasteiger partial charge in [0, 0.05) is 11.1 Å². The zero-order valence-corrected chi connectivity index (χ0v) is 10.5. The van der Waals surface area contributed by atoms with Crippen LogP contribution in [0.1, 0.15) is 25.3 Å². The molecule has 0 amide bonds. The van der Waals surface area contributed by atoms with Crippen LogP contribution in [0.15, 0.2) is 22.7 Å². The minimum Gasteiger partial charge on any atom is -0.494 e. The third kappa shape index (κ3) is 2.03. The molecule has 5 heteroatoms. The Kier molecular flexibility index (Phi) is 3.23. The van der Waals surface area contributed by atoms with Gasteiger partial charge in [-0.05, 0) is 24.1 Å². The van der Waals surface area contributed by atoms with Crippen LogP contribution < -0.4 is 10.5 Å². The number of nitrogens with two attached hydrogens (primary N) is 1. The molecule has 1 aromatic heterocycles. The van der Waals surface area contributed by atoms with Crippen LogP contribution in [0.25, 0.3) is 11.3 Å². The van der Waals surface area contributed by atoms with Crippen molar-refractivity contribution in [1.29, 1.82) is 0 Å². The molecule has 96 valence electrons. The van der Waals surface area contributed by atoms with E-state index in [1.807, 2.05) is 13.8 Å². The smallest absolute Gasteiger partial charge is 0.172 e. The maximum Gasteiger partial charge on any atom is 0.172 e. The van der Waals surface area contributed by atoms with Crippen molar-refractivity contribution in [2.45, 2.75) is 19.8 Å². The summed E-state index contributed by atoms with van der Waals surface area (Å²) in [5.74, 6) is 0.744. The van der Waals surface area contributed by atoms with Gasteiger partial charge in [-0.1, -0.05) is 19.0 Å². The van der Waals surface area contributed by atoms with Gasteiger partial charge in [0.15, 0.2) is 23.1 Å². The Hall–Kier alpha value is -2.04. The predicted molar refractivity (Wildman–Crippen MR) is 67.0 cm³/mol. The van der Waals surface area contributed by atoms with Gasteiger partial charge in [0.2, 0.25) is 0 Å². The molecular formula is C13H15FN2O2. The van der Waals surface area contributed by atoms with Crippen molar-refractivity contribution in [3.05, 3.63) is 29.6 Å². The lowest BCUT2D eigenvalue weighted by atomic mass is 9.99. The number of benzene rings is 1. The molecule has 0 aliphatic carbocycles. The summed E-state index contributed by atoms with van der Waals surface area (Å²) < 4.78 is 23.7. The number of hydrogen-bond acceptors (Lipinski definition) is 4. The molecule has 0 bridgehead atoms. The average Bonchev–Trinajstić information content (AvgIpc) is 2.71. The Morgan fingerprint density at radius 2 is 2.11 bits per heavy atom. The highest BCUT2D eigenvalue weighted by atomic mass is 19.1. The second-order valence-electron chi connectivity index (χ2n) is 4.31. The van der Waals surface area contributed by atoms with Crippen LogP contribution in [0.5, 0.6) is 5.75 Å². The molecule has 2 aromatic rings. The summed E-state index contributed by atoms with van der Waals surface area (Å²) in [6.45, 7) is 3.96. The van der Waals surface area contributed by atoms with Crippen LogP contribution in [-0.2, 0) is 0 Å². The largest absolute Gasteiger partial charge is 0.494 e. The van der Waals surface area contributed by atoms with E-state index in [0.717, 1.165) is 5.56 Å². The Bertz CT molecular complexity index is 564. The van der Waals surface area contributed by atoms with Crippen molar-refractivity contribution < 1.29 is 13.7 Å². The van der Waals surface area contributed by atoms with Gasteiger partial charge < -0.3 is 15.0 Å². The quantitative estimate of drug-likeness (QED) is 0.908. The Morgan fingerprint density at radius 1 is 1.39 bits per heavy atom. The topological polar surface area (TPSA) is 61.3 Å². The third-order valence-corrected chi connectivity index (χ3v) is 2.75. The normalized spacial score (nSPS) is 10.9. The number of methoxy groups -OCH3 is 1. The number of nitrogen functional groups attached to an aromatic ring is 1. The molecule has 0 atom stereocenters. The van der Waals surface area contributed by atoms with Crippen molar-refractivity contribution in [2.24, 2.45) is 0 Å². The molecular weight excluding hydrogens is 235 g/mol. The first-order valence-electron chi connectivity index (χ1n) is 5.63. The summed E-state index contributed by atoms with van der Waals surface area (Å²) in [5.41, 5.74) is 7.14. The van der Waals surface area contributed by atoms with Crippen molar-refractivity contribution in [2.75, 3.05) is 12.8 Å². The van der Waals surface area contributed by atoms with Crippen molar-refractivity contribution in [1.82, 2.24) is 5.16 Å². The molecule has 18 heavy (non-hydrogen) atoms. The fraction of sp³-hybridized carbons (Fsp3) is 0.308. The van der Waals surface area contributed by atoms with Gasteiger partial charge in [0.05, 0.1) is 7.11 Å². The minimum absolute atomic E-state index is 0.149. The van der Waals surface area contributed by atoms with E-state index in [2.05, 4.69) is 5.16 Å². The van der Waals surface area contributed by atoms with E-state index in [1.54, 1.807) is 12.1 Å². The maximum absolute atomic E-state index is 13.7. The van der Waals surface area contributed by atoms with E-state index < -0.39 is 5.82 Å². The molecule has 0 saturated carbocycles. The molecule has 0 fully saturated rings. The third-order valence-electron chi connectivity index (χ3n) is 2.75. The molecule has 0 spiro atoms. The zero-order valence-electron chi connectivity index (χ0n) is 10.5. The van der Waals surface area contributed by atoms with Gasteiger partial charge >= 0.3 is 0 Å². The highest BCUT2D eigenvalue weighted by Crippen LogP contribution is 2.34. The lowest BCUT2D eigenvalue weighted by Gasteiger charge is -2.07. The minimum atomic E-state index is -0.445. The van der Waals surface area contributed by atoms with Gasteiger partial charge in [-0.2, -0.15) is 0 Å². The van der Waals surface area contributed by atoms with Crippen LogP contribution in [0.2, 0.25) is 0 Å². The first-order valence-corrected chi connectivity index (χ1v) is 5.63. The van der Waals surface area contributed by atoms with Crippen LogP contribution in [0.3, 0.4) is 0 Å². The summed E-state index contributed by atoms with van der Waals surface area (Å²) in [4.78, 5) is 0. The number of hydrogen-bond donors (Lipinski definition) is 1. The number of rotatable bonds is 3. The number of nitrogens with zero attached hydrogens (tertiary/aromatic N) is 1. The van der Waals surface area contributed by atoms with Gasteiger partial charge in [0.1, 0.15) is 0 Å². The molecule has 0 aliphatic rings. The van der Waals surface area contributed by atoms with Crippen LogP contribution in [0, 0.1) is 5.82 Å². The summed E-state index contributed by atoms with van der Waals surface area (Å²) in [6.07, 6.45) is 0. The fourth-order valence-electron chi connectivity index (χ4n) is 1.88. The standard InChI is InChI=1S/C13H15FN2O2/c1-7(2)11-12(18-16-13(11)15)8-4-5-10(17-3)9(14)6-8/h4-7H,1-3H3,(H2,15,16). The van der Waals surface area contributed by atoms with Crippen molar-refractivity contribution >= 4 is 5.82 Å². The van der Waals surface area contributed by atoms with E-state index >= 15 is 0 Å². The second-order valence-corrected chi connectivity index (χ2v) is 4.31. The van der Waals surface area contributed by atoms with Crippen molar-refractivity contribution in [3.8, 4) is 17.1 Å².